The standard InChI is InChI=1S/C22H26N2O3S/c1-6-24(7-2)22-19-13-17(27-5)9-11-20(19)23-14-21(22)28(25,26)18-10-8-15(3)16(4)12-18/h8-14H,6-7H2,1-5H3/p+1. The lowest BCUT2D eigenvalue weighted by atomic mass is 10.1. The highest BCUT2D eigenvalue weighted by molar-refractivity contribution is 7.91. The van der Waals surface area contributed by atoms with Crippen molar-refractivity contribution in [2.45, 2.75) is 37.5 Å². The van der Waals surface area contributed by atoms with Crippen LogP contribution in [-0.4, -0.2) is 28.6 Å². The SMILES string of the molecule is CCN(CC)c1c(S(=O)(=O)c2ccc(C)c(C)c2)c[nH+]c2ccc(OC)cc12. The number of hydrogen-bond acceptors (Lipinski definition) is 4. The summed E-state index contributed by atoms with van der Waals surface area (Å²) in [5.74, 6) is 0.690. The van der Waals surface area contributed by atoms with Gasteiger partial charge in [-0.15, -0.1) is 0 Å². The molecule has 6 heteroatoms. The molecule has 0 unspecified atom stereocenters. The molecule has 0 saturated heterocycles. The minimum atomic E-state index is -3.70. The molecule has 5 nitrogen and oxygen atoms in total. The highest BCUT2D eigenvalue weighted by atomic mass is 32.2. The van der Waals surface area contributed by atoms with Crippen LogP contribution in [0.25, 0.3) is 10.9 Å². The van der Waals surface area contributed by atoms with Crippen LogP contribution >= 0.6 is 0 Å². The molecule has 0 atom stereocenters. The fraction of sp³-hybridized carbons (Fsp3) is 0.318. The molecule has 0 spiro atoms. The zero-order chi connectivity index (χ0) is 20.5. The van der Waals surface area contributed by atoms with Crippen molar-refractivity contribution in [1.82, 2.24) is 0 Å². The number of aryl methyl sites for hydroxylation is 2. The molecular formula is C22H27N2O3S+. The first-order chi connectivity index (χ1) is 13.3. The number of ether oxygens (including phenoxy) is 1. The normalized spacial score (nSPS) is 11.6. The molecule has 28 heavy (non-hydrogen) atoms. The molecule has 0 bridgehead atoms. The van der Waals surface area contributed by atoms with Crippen LogP contribution in [0.3, 0.4) is 0 Å². The Kier molecular flexibility index (Phi) is 5.61. The Balaban J connectivity index is 2.35. The molecule has 2 aromatic carbocycles. The smallest absolute Gasteiger partial charge is 0.214 e. The summed E-state index contributed by atoms with van der Waals surface area (Å²) in [6, 6.07) is 10.9. The number of H-pyrrole nitrogens is 1. The van der Waals surface area contributed by atoms with Crippen LogP contribution in [-0.2, 0) is 9.84 Å². The van der Waals surface area contributed by atoms with Crippen LogP contribution in [0.2, 0.25) is 0 Å². The molecule has 148 valence electrons. The molecule has 3 rings (SSSR count). The molecule has 1 aromatic heterocycles. The van der Waals surface area contributed by atoms with Gasteiger partial charge in [-0.2, -0.15) is 0 Å². The summed E-state index contributed by atoms with van der Waals surface area (Å²) in [6.07, 6.45) is 1.60. The molecule has 0 fully saturated rings. The van der Waals surface area contributed by atoms with Crippen LogP contribution in [0.1, 0.15) is 25.0 Å². The second kappa shape index (κ2) is 7.80. The van der Waals surface area contributed by atoms with Gasteiger partial charge in [0.1, 0.15) is 5.75 Å². The zero-order valence-corrected chi connectivity index (χ0v) is 17.9. The number of benzene rings is 2. The van der Waals surface area contributed by atoms with Crippen LogP contribution in [0.15, 0.2) is 52.4 Å². The van der Waals surface area contributed by atoms with Gasteiger partial charge in [-0.3, -0.25) is 0 Å². The van der Waals surface area contributed by atoms with Crippen molar-refractivity contribution in [2.75, 3.05) is 25.1 Å². The maximum Gasteiger partial charge on any atom is 0.214 e. The van der Waals surface area contributed by atoms with Gasteiger partial charge in [-0.05, 0) is 63.1 Å². The summed E-state index contributed by atoms with van der Waals surface area (Å²) in [7, 11) is -2.09. The third-order valence-electron chi connectivity index (χ3n) is 5.23. The number of aromatic amines is 1. The highest BCUT2D eigenvalue weighted by Crippen LogP contribution is 2.36. The highest BCUT2D eigenvalue weighted by Gasteiger charge is 2.29. The van der Waals surface area contributed by atoms with E-state index in [1.165, 1.54) is 0 Å². The van der Waals surface area contributed by atoms with Gasteiger partial charge in [0.25, 0.3) is 0 Å². The number of pyridine rings is 1. The van der Waals surface area contributed by atoms with Gasteiger partial charge in [-0.1, -0.05) is 6.07 Å². The van der Waals surface area contributed by atoms with Crippen LogP contribution in [0, 0.1) is 13.8 Å². The van der Waals surface area contributed by atoms with Crippen molar-refractivity contribution in [3.8, 4) is 5.75 Å². The van der Waals surface area contributed by atoms with Gasteiger partial charge in [-0.25, -0.2) is 13.4 Å². The maximum atomic E-state index is 13.6. The summed E-state index contributed by atoms with van der Waals surface area (Å²) in [5, 5.41) is 0.827. The van der Waals surface area contributed by atoms with Crippen molar-refractivity contribution in [3.05, 3.63) is 53.7 Å². The second-order valence-corrected chi connectivity index (χ2v) is 8.75. The van der Waals surface area contributed by atoms with E-state index in [2.05, 4.69) is 9.88 Å². The van der Waals surface area contributed by atoms with Crippen LogP contribution < -0.4 is 14.6 Å². The third-order valence-corrected chi connectivity index (χ3v) is 7.00. The number of nitrogens with zero attached hydrogens (tertiary/aromatic N) is 1. The molecule has 1 N–H and O–H groups in total. The maximum absolute atomic E-state index is 13.6. The van der Waals surface area contributed by atoms with E-state index >= 15 is 0 Å². The minimum absolute atomic E-state index is 0.278. The van der Waals surface area contributed by atoms with E-state index < -0.39 is 9.84 Å². The third kappa shape index (κ3) is 3.44. The Hall–Kier alpha value is -2.60. The van der Waals surface area contributed by atoms with E-state index in [4.69, 9.17) is 4.74 Å². The van der Waals surface area contributed by atoms with E-state index in [1.807, 2.05) is 52.0 Å². The van der Waals surface area contributed by atoms with Crippen molar-refractivity contribution in [3.63, 3.8) is 0 Å². The quantitative estimate of drug-likeness (QED) is 0.629. The molecular weight excluding hydrogens is 372 g/mol. The van der Waals surface area contributed by atoms with E-state index in [0.717, 1.165) is 22.0 Å². The largest absolute Gasteiger partial charge is 0.497 e. The minimum Gasteiger partial charge on any atom is -0.497 e. The topological polar surface area (TPSA) is 60.8 Å². The Labute approximate surface area is 166 Å². The number of nitrogens with one attached hydrogen (secondary N) is 1. The summed E-state index contributed by atoms with van der Waals surface area (Å²) in [6.45, 7) is 9.35. The first-order valence-electron chi connectivity index (χ1n) is 9.43. The fourth-order valence-corrected chi connectivity index (χ4v) is 4.94. The summed E-state index contributed by atoms with van der Waals surface area (Å²) in [5.41, 5.74) is 3.59. The molecule has 0 aliphatic rings. The summed E-state index contributed by atoms with van der Waals surface area (Å²) in [4.78, 5) is 5.81. The van der Waals surface area contributed by atoms with Gasteiger partial charge in [0.05, 0.1) is 23.1 Å². The predicted octanol–water partition coefficient (Wildman–Crippen LogP) is 3.96. The molecule has 0 amide bonds. The van der Waals surface area contributed by atoms with E-state index in [9.17, 15) is 8.42 Å². The number of hydrogen-bond donors (Lipinski definition) is 0. The average molecular weight is 400 g/mol. The Morgan fingerprint density at radius 1 is 1.00 bits per heavy atom. The average Bonchev–Trinajstić information content (AvgIpc) is 2.70. The Bertz CT molecular complexity index is 1120. The number of sulfone groups is 1. The lowest BCUT2D eigenvalue weighted by Gasteiger charge is -2.24. The van der Waals surface area contributed by atoms with Gasteiger partial charge in [0.15, 0.2) is 11.1 Å². The Morgan fingerprint density at radius 3 is 2.32 bits per heavy atom. The lowest BCUT2D eigenvalue weighted by Crippen LogP contribution is -2.26. The van der Waals surface area contributed by atoms with Gasteiger partial charge < -0.3 is 9.64 Å². The number of aromatic nitrogens is 1. The molecule has 0 saturated carbocycles. The summed E-state index contributed by atoms with van der Waals surface area (Å²) < 4.78 is 32.5. The van der Waals surface area contributed by atoms with E-state index in [1.54, 1.807) is 25.4 Å². The predicted molar refractivity (Wildman–Crippen MR) is 112 cm³/mol. The van der Waals surface area contributed by atoms with Crippen LogP contribution in [0.5, 0.6) is 5.75 Å². The first kappa shape index (κ1) is 20.1. The number of methoxy groups -OCH3 is 1. The molecule has 3 aromatic rings. The molecule has 0 radical (unpaired) electrons. The zero-order valence-electron chi connectivity index (χ0n) is 17.0. The molecule has 0 aliphatic heterocycles. The van der Waals surface area contributed by atoms with Crippen molar-refractivity contribution in [1.29, 1.82) is 0 Å². The monoisotopic (exact) mass is 399 g/mol. The molecule has 1 heterocycles. The fourth-order valence-electron chi connectivity index (χ4n) is 3.40. The van der Waals surface area contributed by atoms with Gasteiger partial charge >= 0.3 is 0 Å². The van der Waals surface area contributed by atoms with E-state index in [-0.39, 0.29) is 4.90 Å². The summed E-state index contributed by atoms with van der Waals surface area (Å²) >= 11 is 0. The van der Waals surface area contributed by atoms with E-state index in [0.29, 0.717) is 29.4 Å². The van der Waals surface area contributed by atoms with Gasteiger partial charge in [0.2, 0.25) is 15.4 Å². The van der Waals surface area contributed by atoms with Crippen LogP contribution in [0.4, 0.5) is 5.69 Å². The number of fused-ring (bicyclic) bond motifs is 1. The van der Waals surface area contributed by atoms with Gasteiger partial charge in [0, 0.05) is 19.2 Å². The lowest BCUT2D eigenvalue weighted by molar-refractivity contribution is -0.347. The van der Waals surface area contributed by atoms with Crippen molar-refractivity contribution in [2.24, 2.45) is 0 Å². The van der Waals surface area contributed by atoms with Crippen molar-refractivity contribution < 1.29 is 18.1 Å². The number of anilines is 1. The van der Waals surface area contributed by atoms with Crippen molar-refractivity contribution >= 4 is 26.4 Å². The first-order valence-corrected chi connectivity index (χ1v) is 10.9. The molecule has 0 aliphatic carbocycles. The Morgan fingerprint density at radius 2 is 1.71 bits per heavy atom. The number of rotatable bonds is 6. The second-order valence-electron chi connectivity index (χ2n) is 6.83.